The molecule has 3 aromatic rings. The van der Waals surface area contributed by atoms with Crippen molar-refractivity contribution in [2.75, 3.05) is 31.1 Å². The topological polar surface area (TPSA) is 19.6 Å². The molecule has 1 aliphatic rings. The molecule has 0 amide bonds. The fourth-order valence-electron chi connectivity index (χ4n) is 3.50. The maximum absolute atomic E-state index is 12.9. The van der Waals surface area contributed by atoms with Crippen molar-refractivity contribution in [2.24, 2.45) is 0 Å². The number of alkyl halides is 3. The van der Waals surface area contributed by atoms with Crippen LogP contribution >= 0.6 is 11.6 Å². The van der Waals surface area contributed by atoms with Crippen molar-refractivity contribution in [1.29, 1.82) is 0 Å². The maximum atomic E-state index is 12.9. The van der Waals surface area contributed by atoms with Gasteiger partial charge >= 0.3 is 6.18 Å². The maximum Gasteiger partial charge on any atom is 0.416 e. The summed E-state index contributed by atoms with van der Waals surface area (Å²) < 4.78 is 44.8. The van der Waals surface area contributed by atoms with E-state index in [9.17, 15) is 13.2 Å². The zero-order valence-electron chi connectivity index (χ0n) is 15.6. The summed E-state index contributed by atoms with van der Waals surface area (Å²) in [5, 5.41) is 0.680. The second kappa shape index (κ2) is 8.13. The average Bonchev–Trinajstić information content (AvgIpc) is 3.17. The predicted molar refractivity (Wildman–Crippen MR) is 108 cm³/mol. The summed E-state index contributed by atoms with van der Waals surface area (Å²) in [6.45, 7) is 3.53. The van der Waals surface area contributed by atoms with Crippen LogP contribution in [0.5, 0.6) is 0 Å². The first-order chi connectivity index (χ1) is 13.9. The Kier molecular flexibility index (Phi) is 5.56. The molecule has 7 heteroatoms. The molecule has 3 nitrogen and oxygen atoms in total. The Labute approximate surface area is 172 Å². The van der Waals surface area contributed by atoms with Crippen molar-refractivity contribution in [3.05, 3.63) is 77.0 Å². The highest BCUT2D eigenvalue weighted by Crippen LogP contribution is 2.32. The van der Waals surface area contributed by atoms with Crippen molar-refractivity contribution in [3.8, 4) is 11.3 Å². The monoisotopic (exact) mass is 420 g/mol. The molecule has 1 aliphatic heterocycles. The lowest BCUT2D eigenvalue weighted by molar-refractivity contribution is -0.137. The van der Waals surface area contributed by atoms with Gasteiger partial charge in [0.2, 0.25) is 0 Å². The molecule has 0 N–H and O–H groups in total. The third-order valence-electron chi connectivity index (χ3n) is 5.08. The van der Waals surface area contributed by atoms with Gasteiger partial charge in [-0.25, -0.2) is 0 Å². The van der Waals surface area contributed by atoms with Crippen LogP contribution < -0.4 is 4.90 Å². The van der Waals surface area contributed by atoms with Crippen molar-refractivity contribution >= 4 is 17.3 Å². The molecule has 1 saturated heterocycles. The van der Waals surface area contributed by atoms with E-state index < -0.39 is 11.7 Å². The first kappa shape index (κ1) is 19.9. The van der Waals surface area contributed by atoms with Gasteiger partial charge in [-0.2, -0.15) is 13.2 Å². The Morgan fingerprint density at radius 3 is 2.31 bits per heavy atom. The van der Waals surface area contributed by atoms with Crippen LogP contribution in [-0.4, -0.2) is 31.1 Å². The highest BCUT2D eigenvalue weighted by molar-refractivity contribution is 6.30. The standard InChI is InChI=1S/C22H20ClF3N2O/c23-18-6-4-16(5-7-18)21-9-8-20(29-21)15-27-10-12-28(13-11-27)19-3-1-2-17(14-19)22(24,25)26/h1-9,14H,10-13,15H2. The molecule has 2 aromatic carbocycles. The van der Waals surface area contributed by atoms with E-state index in [4.69, 9.17) is 16.0 Å². The normalized spacial score (nSPS) is 15.7. The molecule has 0 aliphatic carbocycles. The van der Waals surface area contributed by atoms with E-state index in [-0.39, 0.29) is 0 Å². The van der Waals surface area contributed by atoms with Gasteiger partial charge in [-0.15, -0.1) is 0 Å². The predicted octanol–water partition coefficient (Wildman–Crippen LogP) is 5.94. The summed E-state index contributed by atoms with van der Waals surface area (Å²) in [7, 11) is 0. The van der Waals surface area contributed by atoms with E-state index >= 15 is 0 Å². The van der Waals surface area contributed by atoms with Gasteiger partial charge < -0.3 is 9.32 Å². The molecule has 29 heavy (non-hydrogen) atoms. The van der Waals surface area contributed by atoms with Crippen LogP contribution in [-0.2, 0) is 12.7 Å². The molecule has 0 unspecified atom stereocenters. The quantitative estimate of drug-likeness (QED) is 0.520. The van der Waals surface area contributed by atoms with Crippen LogP contribution in [0.3, 0.4) is 0 Å². The second-order valence-corrected chi connectivity index (χ2v) is 7.52. The van der Waals surface area contributed by atoms with Crippen molar-refractivity contribution in [3.63, 3.8) is 0 Å². The van der Waals surface area contributed by atoms with Gasteiger partial charge in [-0.05, 0) is 54.6 Å². The van der Waals surface area contributed by atoms with E-state index in [1.165, 1.54) is 12.1 Å². The number of nitrogens with zero attached hydrogens (tertiary/aromatic N) is 2. The van der Waals surface area contributed by atoms with Gasteiger partial charge in [0.05, 0.1) is 12.1 Å². The zero-order valence-corrected chi connectivity index (χ0v) is 16.4. The van der Waals surface area contributed by atoms with Gasteiger partial charge in [0.1, 0.15) is 11.5 Å². The van der Waals surface area contributed by atoms with Crippen molar-refractivity contribution in [1.82, 2.24) is 4.90 Å². The molecule has 0 bridgehead atoms. The molecular formula is C22H20ClF3N2O. The Bertz CT molecular complexity index is 961. The fourth-order valence-corrected chi connectivity index (χ4v) is 3.62. The van der Waals surface area contributed by atoms with E-state index in [2.05, 4.69) is 4.90 Å². The molecule has 0 atom stereocenters. The van der Waals surface area contributed by atoms with Gasteiger partial charge in [0.25, 0.3) is 0 Å². The summed E-state index contributed by atoms with van der Waals surface area (Å²) in [6.07, 6.45) is -4.32. The number of furan rings is 1. The number of benzene rings is 2. The van der Waals surface area contributed by atoms with Crippen molar-refractivity contribution < 1.29 is 17.6 Å². The molecule has 4 rings (SSSR count). The SMILES string of the molecule is FC(F)(F)c1cccc(N2CCN(Cc3ccc(-c4ccc(Cl)cc4)o3)CC2)c1. The van der Waals surface area contributed by atoms with E-state index in [1.807, 2.05) is 41.3 Å². The number of anilines is 1. The van der Waals surface area contributed by atoms with E-state index in [0.29, 0.717) is 30.3 Å². The zero-order chi connectivity index (χ0) is 20.4. The van der Waals surface area contributed by atoms with E-state index in [1.54, 1.807) is 6.07 Å². The number of rotatable bonds is 4. The minimum atomic E-state index is -4.32. The first-order valence-corrected chi connectivity index (χ1v) is 9.75. The Morgan fingerprint density at radius 2 is 1.62 bits per heavy atom. The highest BCUT2D eigenvalue weighted by Gasteiger charge is 2.31. The summed E-state index contributed by atoms with van der Waals surface area (Å²) in [5.74, 6) is 1.65. The van der Waals surface area contributed by atoms with Crippen LogP contribution in [0.2, 0.25) is 5.02 Å². The van der Waals surface area contributed by atoms with E-state index in [0.717, 1.165) is 36.2 Å². The summed E-state index contributed by atoms with van der Waals surface area (Å²) in [5.41, 5.74) is 0.972. The lowest BCUT2D eigenvalue weighted by Crippen LogP contribution is -2.46. The van der Waals surface area contributed by atoms with Gasteiger partial charge in [0.15, 0.2) is 0 Å². The first-order valence-electron chi connectivity index (χ1n) is 9.38. The number of halogens is 4. The van der Waals surface area contributed by atoms with Crippen LogP contribution in [0.15, 0.2) is 65.1 Å². The van der Waals surface area contributed by atoms with Crippen molar-refractivity contribution in [2.45, 2.75) is 12.7 Å². The molecule has 1 fully saturated rings. The number of piperazine rings is 1. The minimum Gasteiger partial charge on any atom is -0.460 e. The molecule has 0 radical (unpaired) electrons. The van der Waals surface area contributed by atoms with Crippen LogP contribution in [0.1, 0.15) is 11.3 Å². The summed E-state index contributed by atoms with van der Waals surface area (Å²) in [6, 6.07) is 16.9. The third kappa shape index (κ3) is 4.77. The highest BCUT2D eigenvalue weighted by atomic mass is 35.5. The number of hydrogen-bond donors (Lipinski definition) is 0. The molecule has 152 valence electrons. The van der Waals surface area contributed by atoms with Crippen LogP contribution in [0.4, 0.5) is 18.9 Å². The van der Waals surface area contributed by atoms with Gasteiger partial charge in [0, 0.05) is 42.5 Å². The lowest BCUT2D eigenvalue weighted by Gasteiger charge is -2.35. The van der Waals surface area contributed by atoms with Crippen LogP contribution in [0, 0.1) is 0 Å². The summed E-state index contributed by atoms with van der Waals surface area (Å²) in [4.78, 5) is 4.24. The molecular weight excluding hydrogens is 401 g/mol. The largest absolute Gasteiger partial charge is 0.460 e. The Hall–Kier alpha value is -2.44. The molecule has 2 heterocycles. The second-order valence-electron chi connectivity index (χ2n) is 7.08. The summed E-state index contributed by atoms with van der Waals surface area (Å²) >= 11 is 5.92. The fraction of sp³-hybridized carbons (Fsp3) is 0.273. The lowest BCUT2D eigenvalue weighted by atomic mass is 10.1. The molecule has 0 spiro atoms. The van der Waals surface area contributed by atoms with Gasteiger partial charge in [-0.1, -0.05) is 17.7 Å². The third-order valence-corrected chi connectivity index (χ3v) is 5.33. The Balaban J connectivity index is 1.35. The smallest absolute Gasteiger partial charge is 0.416 e. The molecule has 1 aromatic heterocycles. The van der Waals surface area contributed by atoms with Crippen LogP contribution in [0.25, 0.3) is 11.3 Å². The Morgan fingerprint density at radius 1 is 0.897 bits per heavy atom. The minimum absolute atomic E-state index is 0.609. The average molecular weight is 421 g/mol. The van der Waals surface area contributed by atoms with Gasteiger partial charge in [-0.3, -0.25) is 4.90 Å². The number of hydrogen-bond acceptors (Lipinski definition) is 3. The molecule has 0 saturated carbocycles.